The van der Waals surface area contributed by atoms with Crippen molar-refractivity contribution >= 4 is 41.0 Å². The molecule has 1 saturated carbocycles. The summed E-state index contributed by atoms with van der Waals surface area (Å²) in [5.74, 6) is -2.83. The number of primary amides is 1. The Morgan fingerprint density at radius 2 is 1.73 bits per heavy atom. The maximum atomic E-state index is 14.5. The summed E-state index contributed by atoms with van der Waals surface area (Å²) in [5, 5.41) is 22.1. The molecule has 220 valence electrons. The minimum Gasteiger partial charge on any atom is -0.481 e. The molecule has 1 aliphatic heterocycles. The molecule has 4 atom stereocenters. The lowest BCUT2D eigenvalue weighted by Crippen LogP contribution is -2.44. The van der Waals surface area contributed by atoms with Crippen LogP contribution in [0.15, 0.2) is 36.5 Å². The standard InChI is InChI=1S/C24H30FN7O.C4H6O4/c1-14-11-17(5-6-19(14)32-9-7-31(2)8-10-32)28-24-27-13-18(25)23(30-24)29-21-16-4-3-15(12-16)20(21)22(26)33;5-3(6)1-2-4(7)8/h3-6,11,13,15-16,20-21H,7-10,12H2,1-2H3,(H2,26,33)(H2,27,28,29,30);1-2H2,(H,5,6)(H,7,8)/t15-,16+,20+,21-;/m1./s1. The summed E-state index contributed by atoms with van der Waals surface area (Å²) >= 11 is 0. The topological polar surface area (TPSA) is 174 Å². The number of nitrogens with one attached hydrogen (secondary N) is 2. The predicted molar refractivity (Wildman–Crippen MR) is 151 cm³/mol. The van der Waals surface area contributed by atoms with Crippen LogP contribution in [0, 0.1) is 30.5 Å². The number of carbonyl (C=O) groups excluding carboxylic acids is 1. The molecule has 13 heteroatoms. The van der Waals surface area contributed by atoms with Crippen LogP contribution in [0.4, 0.5) is 27.5 Å². The molecule has 2 fully saturated rings. The first-order chi connectivity index (χ1) is 19.5. The van der Waals surface area contributed by atoms with Crippen molar-refractivity contribution in [2.75, 3.05) is 48.8 Å². The van der Waals surface area contributed by atoms with Gasteiger partial charge in [-0.05, 0) is 56.0 Å². The minimum atomic E-state index is -1.08. The highest BCUT2D eigenvalue weighted by Gasteiger charge is 2.47. The van der Waals surface area contributed by atoms with Crippen LogP contribution in [0.1, 0.15) is 24.8 Å². The van der Waals surface area contributed by atoms with E-state index in [-0.39, 0.29) is 48.4 Å². The number of amides is 1. The van der Waals surface area contributed by atoms with Gasteiger partial charge in [-0.25, -0.2) is 9.37 Å². The molecule has 6 N–H and O–H groups in total. The molecule has 1 saturated heterocycles. The Hall–Kier alpha value is -4.26. The molecular formula is C28H36FN7O5. The van der Waals surface area contributed by atoms with E-state index in [4.69, 9.17) is 15.9 Å². The Labute approximate surface area is 237 Å². The van der Waals surface area contributed by atoms with Gasteiger partial charge >= 0.3 is 11.9 Å². The highest BCUT2D eigenvalue weighted by Crippen LogP contribution is 2.45. The van der Waals surface area contributed by atoms with Gasteiger partial charge in [0.05, 0.1) is 25.0 Å². The highest BCUT2D eigenvalue weighted by molar-refractivity contribution is 5.80. The number of allylic oxidation sites excluding steroid dienone is 1. The van der Waals surface area contributed by atoms with E-state index < -0.39 is 17.8 Å². The molecule has 41 heavy (non-hydrogen) atoms. The number of piperazine rings is 1. The second kappa shape index (κ2) is 12.9. The number of nitrogens with two attached hydrogens (primary N) is 1. The van der Waals surface area contributed by atoms with E-state index in [1.54, 1.807) is 0 Å². The fourth-order valence-electron chi connectivity index (χ4n) is 5.57. The first-order valence-corrected chi connectivity index (χ1v) is 13.5. The van der Waals surface area contributed by atoms with Gasteiger partial charge in [-0.3, -0.25) is 14.4 Å². The predicted octanol–water partition coefficient (Wildman–Crippen LogP) is 2.44. The third-order valence-corrected chi connectivity index (χ3v) is 7.68. The van der Waals surface area contributed by atoms with E-state index in [0.29, 0.717) is 5.95 Å². The van der Waals surface area contributed by atoms with Crippen LogP contribution in [-0.4, -0.2) is 82.2 Å². The molecule has 0 radical (unpaired) electrons. The van der Waals surface area contributed by atoms with Crippen molar-refractivity contribution in [3.8, 4) is 0 Å². The number of hydrogen-bond donors (Lipinski definition) is 5. The fourth-order valence-corrected chi connectivity index (χ4v) is 5.57. The number of likely N-dealkylation sites (N-methyl/N-ethyl adjacent to an activating group) is 1. The zero-order valence-corrected chi connectivity index (χ0v) is 23.1. The molecule has 2 bridgehead atoms. The normalized spacial score (nSPS) is 23.0. The third kappa shape index (κ3) is 7.48. The maximum absolute atomic E-state index is 14.5. The number of aliphatic carboxylic acids is 2. The number of carboxylic acids is 2. The van der Waals surface area contributed by atoms with Crippen LogP contribution in [0.2, 0.25) is 0 Å². The molecule has 2 aromatic rings. The van der Waals surface area contributed by atoms with E-state index in [9.17, 15) is 18.8 Å². The molecule has 2 aliphatic carbocycles. The van der Waals surface area contributed by atoms with Gasteiger partial charge in [0, 0.05) is 43.6 Å². The van der Waals surface area contributed by atoms with Gasteiger partial charge in [0.2, 0.25) is 11.9 Å². The number of rotatable bonds is 9. The van der Waals surface area contributed by atoms with Crippen LogP contribution in [0.5, 0.6) is 0 Å². The van der Waals surface area contributed by atoms with Crippen LogP contribution >= 0.6 is 0 Å². The summed E-state index contributed by atoms with van der Waals surface area (Å²) < 4.78 is 14.5. The van der Waals surface area contributed by atoms with Crippen molar-refractivity contribution in [1.82, 2.24) is 14.9 Å². The summed E-state index contributed by atoms with van der Waals surface area (Å²) in [6.07, 6.45) is 5.51. The average molecular weight is 570 g/mol. The summed E-state index contributed by atoms with van der Waals surface area (Å²) in [6, 6.07) is 5.88. The number of hydrogen-bond acceptors (Lipinski definition) is 9. The number of anilines is 4. The lowest BCUT2D eigenvalue weighted by molar-refractivity contribution is -0.143. The molecule has 2 heterocycles. The number of nitrogens with zero attached hydrogens (tertiary/aromatic N) is 4. The van der Waals surface area contributed by atoms with E-state index in [0.717, 1.165) is 50.0 Å². The van der Waals surface area contributed by atoms with E-state index >= 15 is 0 Å². The minimum absolute atomic E-state index is 0.0791. The number of aryl methyl sites for hydroxylation is 1. The van der Waals surface area contributed by atoms with Crippen LogP contribution in [-0.2, 0) is 14.4 Å². The SMILES string of the molecule is Cc1cc(Nc2ncc(F)c(N[C@H]3[C@@H](C(N)=O)[C@@H]4C=C[C@H]3C4)n2)ccc1N1CCN(C)CC1.O=C(O)CCC(=O)O. The molecular weight excluding hydrogens is 533 g/mol. The number of halogens is 1. The van der Waals surface area contributed by atoms with Crippen molar-refractivity contribution in [3.05, 3.63) is 47.9 Å². The van der Waals surface area contributed by atoms with E-state index in [2.05, 4.69) is 62.6 Å². The lowest BCUT2D eigenvalue weighted by atomic mass is 9.88. The second-order valence-electron chi connectivity index (χ2n) is 10.6. The maximum Gasteiger partial charge on any atom is 0.303 e. The van der Waals surface area contributed by atoms with Gasteiger partial charge in [-0.1, -0.05) is 12.2 Å². The Balaban J connectivity index is 0.000000426. The Morgan fingerprint density at radius 3 is 2.34 bits per heavy atom. The average Bonchev–Trinajstić information content (AvgIpc) is 3.53. The van der Waals surface area contributed by atoms with Crippen LogP contribution < -0.4 is 21.3 Å². The Bertz CT molecular complexity index is 1300. The molecule has 0 spiro atoms. The van der Waals surface area contributed by atoms with E-state index in [1.807, 2.05) is 12.1 Å². The number of carbonyl (C=O) groups is 3. The Morgan fingerprint density at radius 1 is 1.07 bits per heavy atom. The van der Waals surface area contributed by atoms with Gasteiger partial charge in [0.25, 0.3) is 0 Å². The van der Waals surface area contributed by atoms with Gasteiger partial charge < -0.3 is 36.4 Å². The first kappa shape index (κ1) is 29.7. The number of carboxylic acid groups (broad SMARTS) is 2. The van der Waals surface area contributed by atoms with Crippen molar-refractivity contribution in [2.45, 2.75) is 32.2 Å². The van der Waals surface area contributed by atoms with Crippen molar-refractivity contribution in [3.63, 3.8) is 0 Å². The van der Waals surface area contributed by atoms with Gasteiger partial charge in [0.15, 0.2) is 11.6 Å². The van der Waals surface area contributed by atoms with Crippen molar-refractivity contribution in [2.24, 2.45) is 23.5 Å². The second-order valence-corrected chi connectivity index (χ2v) is 10.6. The number of fused-ring (bicyclic) bond motifs is 2. The summed E-state index contributed by atoms with van der Waals surface area (Å²) in [7, 11) is 2.14. The summed E-state index contributed by atoms with van der Waals surface area (Å²) in [6.45, 7) is 6.20. The highest BCUT2D eigenvalue weighted by atomic mass is 19.1. The van der Waals surface area contributed by atoms with Crippen molar-refractivity contribution in [1.29, 1.82) is 0 Å². The molecule has 1 amide bonds. The van der Waals surface area contributed by atoms with Gasteiger partial charge in [-0.15, -0.1) is 0 Å². The largest absolute Gasteiger partial charge is 0.481 e. The quantitative estimate of drug-likeness (QED) is 0.281. The fraction of sp³-hybridized carbons (Fsp3) is 0.464. The monoisotopic (exact) mass is 569 g/mol. The molecule has 5 rings (SSSR count). The van der Waals surface area contributed by atoms with E-state index in [1.165, 1.54) is 5.69 Å². The molecule has 0 unspecified atom stereocenters. The number of benzene rings is 1. The molecule has 1 aromatic heterocycles. The van der Waals surface area contributed by atoms with Gasteiger partial charge in [0.1, 0.15) is 0 Å². The Kier molecular flexibility index (Phi) is 9.38. The lowest BCUT2D eigenvalue weighted by Gasteiger charge is -2.35. The van der Waals surface area contributed by atoms with Crippen LogP contribution in [0.3, 0.4) is 0 Å². The number of aromatic nitrogens is 2. The van der Waals surface area contributed by atoms with Gasteiger partial charge in [-0.2, -0.15) is 4.98 Å². The first-order valence-electron chi connectivity index (χ1n) is 13.5. The zero-order chi connectivity index (χ0) is 29.7. The van der Waals surface area contributed by atoms with Crippen LogP contribution in [0.25, 0.3) is 0 Å². The summed E-state index contributed by atoms with van der Waals surface area (Å²) in [5.41, 5.74) is 8.84. The summed E-state index contributed by atoms with van der Waals surface area (Å²) in [4.78, 5) is 44.4. The molecule has 1 aromatic carbocycles. The zero-order valence-electron chi connectivity index (χ0n) is 23.1. The van der Waals surface area contributed by atoms with Crippen molar-refractivity contribution < 1.29 is 29.0 Å². The molecule has 12 nitrogen and oxygen atoms in total. The molecule has 3 aliphatic rings. The smallest absolute Gasteiger partial charge is 0.303 e. The third-order valence-electron chi connectivity index (χ3n) is 7.68.